The topological polar surface area (TPSA) is 99.3 Å². The van der Waals surface area contributed by atoms with Gasteiger partial charge in [0, 0.05) is 37.3 Å². The highest BCUT2D eigenvalue weighted by molar-refractivity contribution is 5.99. The van der Waals surface area contributed by atoms with Crippen molar-refractivity contribution in [3.63, 3.8) is 0 Å². The Balaban J connectivity index is 1.76. The molecule has 0 heterocycles. The van der Waals surface area contributed by atoms with Crippen molar-refractivity contribution in [3.05, 3.63) is 29.3 Å². The smallest absolute Gasteiger partial charge is 0.315 e. The number of nitrogens with one attached hydrogen (secondary N) is 4. The normalized spacial score (nSPS) is 14.4. The van der Waals surface area contributed by atoms with Crippen LogP contribution in [-0.2, 0) is 4.79 Å². The molecule has 0 spiro atoms. The van der Waals surface area contributed by atoms with Gasteiger partial charge in [0.25, 0.3) is 5.91 Å². The van der Waals surface area contributed by atoms with Crippen molar-refractivity contribution in [2.45, 2.75) is 51.5 Å². The summed E-state index contributed by atoms with van der Waals surface area (Å²) in [5, 5.41) is 11.0. The van der Waals surface area contributed by atoms with Crippen LogP contribution in [0.1, 0.15) is 54.4 Å². The Morgan fingerprint density at radius 2 is 1.85 bits per heavy atom. The fraction of sp³-hybridized carbons (Fsp3) is 0.526. The molecular formula is C19H28N4O3. The molecule has 0 atom stereocenters. The molecule has 1 aliphatic carbocycles. The van der Waals surface area contributed by atoms with Gasteiger partial charge in [0.15, 0.2) is 0 Å². The molecule has 1 aromatic rings. The summed E-state index contributed by atoms with van der Waals surface area (Å²) >= 11 is 0. The van der Waals surface area contributed by atoms with Crippen molar-refractivity contribution < 1.29 is 14.4 Å². The summed E-state index contributed by atoms with van der Waals surface area (Å²) in [5.74, 6) is -0.403. The number of amides is 4. The van der Waals surface area contributed by atoms with Gasteiger partial charge in [-0.05, 0) is 37.5 Å². The molecule has 0 aliphatic heterocycles. The average molecular weight is 360 g/mol. The summed E-state index contributed by atoms with van der Waals surface area (Å²) in [5.41, 5.74) is 1.83. The molecule has 1 saturated carbocycles. The number of anilines is 1. The van der Waals surface area contributed by atoms with Gasteiger partial charge in [-0.2, -0.15) is 0 Å². The standard InChI is InChI=1S/C19H28N4O3/c1-13-15(18(25)20-2)9-6-10-16(13)23-17(24)11-12-21-19(26)22-14-7-4-3-5-8-14/h6,9-10,14H,3-5,7-8,11-12H2,1-2H3,(H,20,25)(H,23,24)(H2,21,22,26). The second-order valence-electron chi connectivity index (χ2n) is 6.59. The Morgan fingerprint density at radius 3 is 2.54 bits per heavy atom. The summed E-state index contributed by atoms with van der Waals surface area (Å²) in [6.45, 7) is 2.05. The third kappa shape index (κ3) is 5.75. The van der Waals surface area contributed by atoms with Gasteiger partial charge >= 0.3 is 6.03 Å². The molecule has 2 rings (SSSR count). The van der Waals surface area contributed by atoms with Crippen LogP contribution in [0.4, 0.5) is 10.5 Å². The van der Waals surface area contributed by atoms with Crippen LogP contribution in [0.3, 0.4) is 0 Å². The predicted octanol–water partition coefficient (Wildman–Crippen LogP) is 2.32. The number of hydrogen-bond acceptors (Lipinski definition) is 3. The molecule has 1 aromatic carbocycles. The molecule has 0 aromatic heterocycles. The Hall–Kier alpha value is -2.57. The van der Waals surface area contributed by atoms with Gasteiger partial charge in [-0.1, -0.05) is 25.3 Å². The first-order chi connectivity index (χ1) is 12.5. The van der Waals surface area contributed by atoms with Crippen LogP contribution in [0.15, 0.2) is 18.2 Å². The minimum Gasteiger partial charge on any atom is -0.355 e. The lowest BCUT2D eigenvalue weighted by atomic mass is 9.96. The van der Waals surface area contributed by atoms with E-state index in [0.717, 1.165) is 25.7 Å². The van der Waals surface area contributed by atoms with Gasteiger partial charge < -0.3 is 21.3 Å². The minimum absolute atomic E-state index is 0.168. The quantitative estimate of drug-likeness (QED) is 0.626. The lowest BCUT2D eigenvalue weighted by Gasteiger charge is -2.22. The minimum atomic E-state index is -0.220. The lowest BCUT2D eigenvalue weighted by Crippen LogP contribution is -2.43. The fourth-order valence-electron chi connectivity index (χ4n) is 3.14. The fourth-order valence-corrected chi connectivity index (χ4v) is 3.14. The van der Waals surface area contributed by atoms with Crippen LogP contribution in [-0.4, -0.2) is 37.5 Å². The molecule has 0 radical (unpaired) electrons. The highest BCUT2D eigenvalue weighted by Gasteiger charge is 2.16. The summed E-state index contributed by atoms with van der Waals surface area (Å²) in [6.07, 6.45) is 5.76. The number of rotatable bonds is 6. The van der Waals surface area contributed by atoms with E-state index in [9.17, 15) is 14.4 Å². The van der Waals surface area contributed by atoms with Crippen LogP contribution >= 0.6 is 0 Å². The van der Waals surface area contributed by atoms with Crippen molar-refractivity contribution in [2.75, 3.05) is 18.9 Å². The molecule has 7 nitrogen and oxygen atoms in total. The van der Waals surface area contributed by atoms with E-state index in [4.69, 9.17) is 0 Å². The zero-order valence-corrected chi connectivity index (χ0v) is 15.5. The maximum Gasteiger partial charge on any atom is 0.315 e. The van der Waals surface area contributed by atoms with Crippen molar-refractivity contribution >= 4 is 23.5 Å². The number of carbonyl (C=O) groups is 3. The maximum atomic E-state index is 12.1. The Morgan fingerprint density at radius 1 is 1.12 bits per heavy atom. The molecular weight excluding hydrogens is 332 g/mol. The molecule has 7 heteroatoms. The van der Waals surface area contributed by atoms with Crippen molar-refractivity contribution in [2.24, 2.45) is 0 Å². The third-order valence-electron chi connectivity index (χ3n) is 4.66. The second kappa shape index (κ2) is 9.79. The van der Waals surface area contributed by atoms with Crippen LogP contribution in [0.2, 0.25) is 0 Å². The summed E-state index contributed by atoms with van der Waals surface area (Å²) in [4.78, 5) is 35.8. The van der Waals surface area contributed by atoms with Gasteiger partial charge in [0.05, 0.1) is 0 Å². The zero-order valence-electron chi connectivity index (χ0n) is 15.5. The third-order valence-corrected chi connectivity index (χ3v) is 4.66. The van der Waals surface area contributed by atoms with E-state index in [2.05, 4.69) is 21.3 Å². The molecule has 142 valence electrons. The summed E-state index contributed by atoms with van der Waals surface area (Å²) in [7, 11) is 1.57. The predicted molar refractivity (Wildman–Crippen MR) is 101 cm³/mol. The SMILES string of the molecule is CNC(=O)c1cccc(NC(=O)CCNC(=O)NC2CCCCC2)c1C. The first-order valence-corrected chi connectivity index (χ1v) is 9.17. The van der Waals surface area contributed by atoms with Crippen LogP contribution in [0.5, 0.6) is 0 Å². The Kier molecular flexibility index (Phi) is 7.44. The van der Waals surface area contributed by atoms with Crippen molar-refractivity contribution in [1.29, 1.82) is 0 Å². The van der Waals surface area contributed by atoms with E-state index >= 15 is 0 Å². The summed E-state index contributed by atoms with van der Waals surface area (Å²) in [6, 6.07) is 5.21. The maximum absolute atomic E-state index is 12.1. The summed E-state index contributed by atoms with van der Waals surface area (Å²) < 4.78 is 0. The van der Waals surface area contributed by atoms with E-state index < -0.39 is 0 Å². The molecule has 1 aliphatic rings. The van der Waals surface area contributed by atoms with Gasteiger partial charge in [-0.3, -0.25) is 9.59 Å². The largest absolute Gasteiger partial charge is 0.355 e. The van der Waals surface area contributed by atoms with E-state index in [1.54, 1.807) is 32.2 Å². The van der Waals surface area contributed by atoms with Crippen LogP contribution < -0.4 is 21.3 Å². The van der Waals surface area contributed by atoms with Gasteiger partial charge in [-0.15, -0.1) is 0 Å². The molecule has 4 N–H and O–H groups in total. The first-order valence-electron chi connectivity index (χ1n) is 9.17. The van der Waals surface area contributed by atoms with Crippen LogP contribution in [0, 0.1) is 6.92 Å². The Bertz CT molecular complexity index is 654. The number of benzene rings is 1. The van der Waals surface area contributed by atoms with Crippen molar-refractivity contribution in [3.8, 4) is 0 Å². The lowest BCUT2D eigenvalue weighted by molar-refractivity contribution is -0.116. The monoisotopic (exact) mass is 360 g/mol. The number of urea groups is 1. The van der Waals surface area contributed by atoms with E-state index in [1.807, 2.05) is 0 Å². The average Bonchev–Trinajstić information content (AvgIpc) is 2.63. The highest BCUT2D eigenvalue weighted by Crippen LogP contribution is 2.19. The molecule has 26 heavy (non-hydrogen) atoms. The Labute approximate surface area is 154 Å². The molecule has 0 bridgehead atoms. The molecule has 0 saturated heterocycles. The first kappa shape index (κ1) is 19.8. The number of hydrogen-bond donors (Lipinski definition) is 4. The number of carbonyl (C=O) groups excluding carboxylic acids is 3. The van der Waals surface area contributed by atoms with E-state index in [-0.39, 0.29) is 36.9 Å². The van der Waals surface area contributed by atoms with Crippen molar-refractivity contribution in [1.82, 2.24) is 16.0 Å². The van der Waals surface area contributed by atoms with Crippen LogP contribution in [0.25, 0.3) is 0 Å². The van der Waals surface area contributed by atoms with Gasteiger partial charge in [0.1, 0.15) is 0 Å². The van der Waals surface area contributed by atoms with E-state index in [0.29, 0.717) is 16.8 Å². The van der Waals surface area contributed by atoms with Gasteiger partial charge in [-0.25, -0.2) is 4.79 Å². The van der Waals surface area contributed by atoms with E-state index in [1.165, 1.54) is 6.42 Å². The molecule has 1 fully saturated rings. The second-order valence-corrected chi connectivity index (χ2v) is 6.59. The van der Waals surface area contributed by atoms with Gasteiger partial charge in [0.2, 0.25) is 5.91 Å². The molecule has 4 amide bonds. The molecule has 0 unspecified atom stereocenters. The highest BCUT2D eigenvalue weighted by atomic mass is 16.2. The zero-order chi connectivity index (χ0) is 18.9.